The fourth-order valence-corrected chi connectivity index (χ4v) is 4.22. The first-order valence-electron chi connectivity index (χ1n) is 10.5. The average Bonchev–Trinajstić information content (AvgIpc) is 3.31. The van der Waals surface area contributed by atoms with Crippen molar-refractivity contribution in [2.75, 3.05) is 38.6 Å². The van der Waals surface area contributed by atoms with Crippen LogP contribution < -0.4 is 15.0 Å². The standard InChI is InChI=1S/C24H27N5O2S/c1-17-26-15-20-23(27-17)28(3)12-13-29(24(20)30)16-18-6-8-19(9-7-18)31-21(10-11-25-2)22-5-4-14-32-22/h4-10,14-15,25H,11-13,16H2,1-3H3/b21-10+. The van der Waals surface area contributed by atoms with Crippen molar-refractivity contribution < 1.29 is 9.53 Å². The quantitative estimate of drug-likeness (QED) is 0.556. The number of thiophene rings is 1. The third kappa shape index (κ3) is 4.98. The molecule has 0 fully saturated rings. The van der Waals surface area contributed by atoms with Crippen LogP contribution in [0.2, 0.25) is 0 Å². The number of hydrogen-bond acceptors (Lipinski definition) is 7. The van der Waals surface area contributed by atoms with Crippen LogP contribution in [-0.2, 0) is 6.54 Å². The number of carbonyl (C=O) groups is 1. The van der Waals surface area contributed by atoms with Gasteiger partial charge in [0, 0.05) is 39.4 Å². The molecule has 0 unspecified atom stereocenters. The predicted octanol–water partition coefficient (Wildman–Crippen LogP) is 3.58. The van der Waals surface area contributed by atoms with E-state index < -0.39 is 0 Å². The summed E-state index contributed by atoms with van der Waals surface area (Å²) < 4.78 is 6.15. The third-order valence-electron chi connectivity index (χ3n) is 5.25. The zero-order valence-electron chi connectivity index (χ0n) is 18.5. The molecule has 1 N–H and O–H groups in total. The minimum atomic E-state index is -0.0420. The molecule has 1 aromatic carbocycles. The normalized spacial score (nSPS) is 14.3. The van der Waals surface area contributed by atoms with E-state index in [0.29, 0.717) is 30.3 Å². The number of likely N-dealkylation sites (N-methyl/N-ethyl adjacent to an activating group) is 2. The van der Waals surface area contributed by atoms with Crippen LogP contribution in [0.1, 0.15) is 26.6 Å². The van der Waals surface area contributed by atoms with Crippen LogP contribution in [0, 0.1) is 6.92 Å². The highest BCUT2D eigenvalue weighted by atomic mass is 32.1. The number of benzene rings is 1. The Kier molecular flexibility index (Phi) is 6.82. The lowest BCUT2D eigenvalue weighted by atomic mass is 10.2. The summed E-state index contributed by atoms with van der Waals surface area (Å²) in [7, 11) is 3.87. The van der Waals surface area contributed by atoms with E-state index in [0.717, 1.165) is 35.0 Å². The van der Waals surface area contributed by atoms with Crippen LogP contribution in [0.5, 0.6) is 5.75 Å². The van der Waals surface area contributed by atoms with Gasteiger partial charge in [0.2, 0.25) is 0 Å². The van der Waals surface area contributed by atoms with Gasteiger partial charge in [0.25, 0.3) is 5.91 Å². The lowest BCUT2D eigenvalue weighted by molar-refractivity contribution is 0.0754. The van der Waals surface area contributed by atoms with Crippen molar-refractivity contribution >= 4 is 28.8 Å². The van der Waals surface area contributed by atoms with Crippen molar-refractivity contribution in [3.63, 3.8) is 0 Å². The van der Waals surface area contributed by atoms with Crippen LogP contribution in [0.3, 0.4) is 0 Å². The molecule has 0 bridgehead atoms. The van der Waals surface area contributed by atoms with Gasteiger partial charge >= 0.3 is 0 Å². The molecule has 166 valence electrons. The fourth-order valence-electron chi connectivity index (χ4n) is 3.52. The summed E-state index contributed by atoms with van der Waals surface area (Å²) in [5.74, 6) is 2.92. The van der Waals surface area contributed by atoms with E-state index in [4.69, 9.17) is 4.74 Å². The fraction of sp³-hybridized carbons (Fsp3) is 0.292. The lowest BCUT2D eigenvalue weighted by Gasteiger charge is -2.21. The summed E-state index contributed by atoms with van der Waals surface area (Å²) >= 11 is 1.65. The van der Waals surface area contributed by atoms with Gasteiger partial charge in [0.1, 0.15) is 28.7 Å². The van der Waals surface area contributed by atoms with E-state index >= 15 is 0 Å². The molecule has 0 atom stereocenters. The lowest BCUT2D eigenvalue weighted by Crippen LogP contribution is -2.33. The molecule has 0 radical (unpaired) electrons. The van der Waals surface area contributed by atoms with Gasteiger partial charge < -0.3 is 19.9 Å². The van der Waals surface area contributed by atoms with Crippen LogP contribution in [0.25, 0.3) is 5.76 Å². The number of hydrogen-bond donors (Lipinski definition) is 1. The molecule has 3 aromatic rings. The first kappa shape index (κ1) is 22.0. The molecule has 1 aliphatic heterocycles. The number of amides is 1. The minimum Gasteiger partial charge on any atom is -0.456 e. The van der Waals surface area contributed by atoms with Crippen molar-refractivity contribution in [3.8, 4) is 5.75 Å². The number of aromatic nitrogens is 2. The molecule has 3 heterocycles. The summed E-state index contributed by atoms with van der Waals surface area (Å²) in [6, 6.07) is 12.0. The maximum atomic E-state index is 13.1. The van der Waals surface area contributed by atoms with Gasteiger partial charge in [-0.25, -0.2) is 9.97 Å². The molecule has 2 aromatic heterocycles. The maximum Gasteiger partial charge on any atom is 0.259 e. The van der Waals surface area contributed by atoms with Crippen molar-refractivity contribution in [2.45, 2.75) is 13.5 Å². The Hall–Kier alpha value is -3.23. The molecular formula is C24H27N5O2S. The zero-order valence-corrected chi connectivity index (χ0v) is 19.4. The average molecular weight is 450 g/mol. The summed E-state index contributed by atoms with van der Waals surface area (Å²) in [6.07, 6.45) is 3.67. The first-order chi connectivity index (χ1) is 15.5. The van der Waals surface area contributed by atoms with E-state index in [-0.39, 0.29) is 5.91 Å². The summed E-state index contributed by atoms with van der Waals surface area (Å²) in [5, 5.41) is 5.16. The number of anilines is 1. The maximum absolute atomic E-state index is 13.1. The van der Waals surface area contributed by atoms with E-state index in [1.54, 1.807) is 17.5 Å². The molecule has 4 rings (SSSR count). The molecule has 1 amide bonds. The highest BCUT2D eigenvalue weighted by Crippen LogP contribution is 2.26. The first-order valence-corrected chi connectivity index (χ1v) is 11.4. The molecule has 1 aliphatic rings. The Balaban J connectivity index is 1.47. The second kappa shape index (κ2) is 9.93. The Morgan fingerprint density at radius 3 is 2.78 bits per heavy atom. The Labute approximate surface area is 192 Å². The molecule has 0 spiro atoms. The topological polar surface area (TPSA) is 70.6 Å². The third-order valence-corrected chi connectivity index (χ3v) is 6.14. The Bertz CT molecular complexity index is 1100. The smallest absolute Gasteiger partial charge is 0.259 e. The zero-order chi connectivity index (χ0) is 22.5. The summed E-state index contributed by atoms with van der Waals surface area (Å²) in [5.41, 5.74) is 1.59. The van der Waals surface area contributed by atoms with Crippen molar-refractivity contribution in [2.24, 2.45) is 0 Å². The van der Waals surface area contributed by atoms with Gasteiger partial charge in [0.15, 0.2) is 0 Å². The molecule has 8 heteroatoms. The number of nitrogens with one attached hydrogen (secondary N) is 1. The van der Waals surface area contributed by atoms with Crippen LogP contribution in [0.15, 0.2) is 54.1 Å². The van der Waals surface area contributed by atoms with Gasteiger partial charge in [-0.05, 0) is 49.2 Å². The highest BCUT2D eigenvalue weighted by molar-refractivity contribution is 7.11. The molecule has 7 nitrogen and oxygen atoms in total. The number of rotatable bonds is 7. The number of aryl methyl sites for hydroxylation is 1. The van der Waals surface area contributed by atoms with E-state index in [9.17, 15) is 4.79 Å². The molecular weight excluding hydrogens is 422 g/mol. The minimum absolute atomic E-state index is 0.0420. The van der Waals surface area contributed by atoms with Crippen molar-refractivity contribution in [1.29, 1.82) is 0 Å². The number of ether oxygens (including phenoxy) is 1. The number of carbonyl (C=O) groups excluding carboxylic acids is 1. The summed E-state index contributed by atoms with van der Waals surface area (Å²) in [4.78, 5) is 26.8. The van der Waals surface area contributed by atoms with Crippen LogP contribution in [0.4, 0.5) is 5.82 Å². The second-order valence-corrected chi connectivity index (χ2v) is 8.60. The van der Waals surface area contributed by atoms with Gasteiger partial charge in [-0.3, -0.25) is 4.79 Å². The van der Waals surface area contributed by atoms with Gasteiger partial charge in [-0.1, -0.05) is 18.2 Å². The van der Waals surface area contributed by atoms with Gasteiger partial charge in [0.05, 0.1) is 4.88 Å². The van der Waals surface area contributed by atoms with Gasteiger partial charge in [-0.2, -0.15) is 0 Å². The molecule has 0 aliphatic carbocycles. The highest BCUT2D eigenvalue weighted by Gasteiger charge is 2.26. The van der Waals surface area contributed by atoms with E-state index in [1.165, 1.54) is 0 Å². The largest absolute Gasteiger partial charge is 0.456 e. The monoisotopic (exact) mass is 449 g/mol. The van der Waals surface area contributed by atoms with Crippen LogP contribution in [-0.4, -0.2) is 54.5 Å². The Morgan fingerprint density at radius 2 is 2.06 bits per heavy atom. The Morgan fingerprint density at radius 1 is 1.25 bits per heavy atom. The molecule has 32 heavy (non-hydrogen) atoms. The SMILES string of the molecule is CNC/C=C(/Oc1ccc(CN2CCN(C)c3nc(C)ncc3C2=O)cc1)c1cccs1. The number of nitrogens with zero attached hydrogens (tertiary/aromatic N) is 4. The second-order valence-electron chi connectivity index (χ2n) is 7.65. The number of fused-ring (bicyclic) bond motifs is 1. The van der Waals surface area contributed by atoms with Crippen molar-refractivity contribution in [3.05, 3.63) is 75.9 Å². The molecule has 0 saturated carbocycles. The van der Waals surface area contributed by atoms with Crippen LogP contribution >= 0.6 is 11.3 Å². The van der Waals surface area contributed by atoms with Crippen molar-refractivity contribution in [1.82, 2.24) is 20.2 Å². The summed E-state index contributed by atoms with van der Waals surface area (Å²) in [6.45, 7) is 4.42. The van der Waals surface area contributed by atoms with E-state index in [1.807, 2.05) is 78.7 Å². The molecule has 0 saturated heterocycles. The van der Waals surface area contributed by atoms with Gasteiger partial charge in [-0.15, -0.1) is 11.3 Å². The predicted molar refractivity (Wildman–Crippen MR) is 128 cm³/mol. The van der Waals surface area contributed by atoms with E-state index in [2.05, 4.69) is 15.3 Å².